The van der Waals surface area contributed by atoms with Crippen molar-refractivity contribution in [1.82, 2.24) is 0 Å². The number of rotatable bonds is 13. The standard InChI is InChI=1S/C17H36O/c1-5-7-9-10-11-12-13-15-17(14-8-6-2)18-16(3)4/h16-17H,5-15H2,1-4H3. The first kappa shape index (κ1) is 18.0. The SMILES string of the molecule is CCCCCCCCCC(CCCC)OC(C)C. The highest BCUT2D eigenvalue weighted by atomic mass is 16.5. The van der Waals surface area contributed by atoms with Crippen molar-refractivity contribution in [3.05, 3.63) is 0 Å². The van der Waals surface area contributed by atoms with E-state index in [1.165, 1.54) is 70.6 Å². The van der Waals surface area contributed by atoms with E-state index in [0.717, 1.165) is 0 Å². The molecule has 0 heterocycles. The summed E-state index contributed by atoms with van der Waals surface area (Å²) in [5.41, 5.74) is 0. The summed E-state index contributed by atoms with van der Waals surface area (Å²) in [6.45, 7) is 8.86. The van der Waals surface area contributed by atoms with E-state index < -0.39 is 0 Å². The molecule has 0 rings (SSSR count). The van der Waals surface area contributed by atoms with Gasteiger partial charge in [0.05, 0.1) is 12.2 Å². The lowest BCUT2D eigenvalue weighted by Gasteiger charge is -2.20. The molecule has 0 fully saturated rings. The van der Waals surface area contributed by atoms with E-state index in [0.29, 0.717) is 12.2 Å². The van der Waals surface area contributed by atoms with Crippen molar-refractivity contribution in [3.8, 4) is 0 Å². The Bertz CT molecular complexity index is 154. The van der Waals surface area contributed by atoms with Gasteiger partial charge in [0.15, 0.2) is 0 Å². The molecule has 0 aromatic carbocycles. The minimum atomic E-state index is 0.386. The maximum Gasteiger partial charge on any atom is 0.0578 e. The summed E-state index contributed by atoms with van der Waals surface area (Å²) in [4.78, 5) is 0. The van der Waals surface area contributed by atoms with Crippen molar-refractivity contribution in [2.24, 2.45) is 0 Å². The minimum Gasteiger partial charge on any atom is -0.376 e. The van der Waals surface area contributed by atoms with Gasteiger partial charge in [0.2, 0.25) is 0 Å². The Morgan fingerprint density at radius 1 is 0.667 bits per heavy atom. The molecule has 0 amide bonds. The van der Waals surface area contributed by atoms with Gasteiger partial charge in [-0.3, -0.25) is 0 Å². The maximum atomic E-state index is 6.00. The molecular formula is C17H36O. The molecule has 0 aromatic rings. The van der Waals surface area contributed by atoms with E-state index in [2.05, 4.69) is 27.7 Å². The van der Waals surface area contributed by atoms with E-state index in [1.54, 1.807) is 0 Å². The highest BCUT2D eigenvalue weighted by molar-refractivity contribution is 4.60. The van der Waals surface area contributed by atoms with Crippen LogP contribution in [0.1, 0.15) is 98.3 Å². The molecular weight excluding hydrogens is 220 g/mol. The Morgan fingerprint density at radius 3 is 1.72 bits per heavy atom. The van der Waals surface area contributed by atoms with Crippen molar-refractivity contribution in [1.29, 1.82) is 0 Å². The van der Waals surface area contributed by atoms with E-state index in [1.807, 2.05) is 0 Å². The predicted molar refractivity (Wildman–Crippen MR) is 82.1 cm³/mol. The first-order valence-corrected chi connectivity index (χ1v) is 8.36. The lowest BCUT2D eigenvalue weighted by Crippen LogP contribution is -2.17. The van der Waals surface area contributed by atoms with Gasteiger partial charge < -0.3 is 4.74 Å². The van der Waals surface area contributed by atoms with E-state index in [-0.39, 0.29) is 0 Å². The first-order valence-electron chi connectivity index (χ1n) is 8.36. The van der Waals surface area contributed by atoms with Crippen LogP contribution < -0.4 is 0 Å². The molecule has 110 valence electrons. The lowest BCUT2D eigenvalue weighted by atomic mass is 10.0. The number of ether oxygens (including phenoxy) is 1. The normalized spacial score (nSPS) is 13.2. The van der Waals surface area contributed by atoms with Gasteiger partial charge in [-0.1, -0.05) is 71.6 Å². The summed E-state index contributed by atoms with van der Waals surface area (Å²) >= 11 is 0. The molecule has 0 saturated carbocycles. The Morgan fingerprint density at radius 2 is 1.17 bits per heavy atom. The van der Waals surface area contributed by atoms with Gasteiger partial charge in [0.1, 0.15) is 0 Å². The van der Waals surface area contributed by atoms with Crippen LogP contribution in [0.25, 0.3) is 0 Å². The van der Waals surface area contributed by atoms with Crippen LogP contribution in [0.2, 0.25) is 0 Å². The zero-order chi connectivity index (χ0) is 13.6. The van der Waals surface area contributed by atoms with Gasteiger partial charge in [-0.25, -0.2) is 0 Å². The second-order valence-electron chi connectivity index (χ2n) is 5.86. The molecule has 0 N–H and O–H groups in total. The monoisotopic (exact) mass is 256 g/mol. The van der Waals surface area contributed by atoms with Crippen molar-refractivity contribution in [2.75, 3.05) is 0 Å². The lowest BCUT2D eigenvalue weighted by molar-refractivity contribution is -0.00374. The summed E-state index contributed by atoms with van der Waals surface area (Å²) in [7, 11) is 0. The molecule has 0 spiro atoms. The zero-order valence-corrected chi connectivity index (χ0v) is 13.3. The molecule has 1 atom stereocenters. The summed E-state index contributed by atoms with van der Waals surface area (Å²) in [6, 6.07) is 0. The second kappa shape index (κ2) is 13.4. The van der Waals surface area contributed by atoms with Crippen LogP contribution in [0.4, 0.5) is 0 Å². The van der Waals surface area contributed by atoms with E-state index in [9.17, 15) is 0 Å². The van der Waals surface area contributed by atoms with Gasteiger partial charge in [-0.05, 0) is 26.7 Å². The Labute approximate surface area is 116 Å². The molecule has 18 heavy (non-hydrogen) atoms. The first-order chi connectivity index (χ1) is 8.70. The average molecular weight is 256 g/mol. The average Bonchev–Trinajstić information content (AvgIpc) is 2.34. The number of unbranched alkanes of at least 4 members (excludes halogenated alkanes) is 7. The predicted octanol–water partition coefficient (Wildman–Crippen LogP) is 6.11. The summed E-state index contributed by atoms with van der Waals surface area (Å²) < 4.78 is 6.00. The van der Waals surface area contributed by atoms with Crippen LogP contribution in [0.5, 0.6) is 0 Å². The van der Waals surface area contributed by atoms with E-state index in [4.69, 9.17) is 4.74 Å². The van der Waals surface area contributed by atoms with Crippen LogP contribution in [-0.4, -0.2) is 12.2 Å². The molecule has 0 aromatic heterocycles. The van der Waals surface area contributed by atoms with Crippen molar-refractivity contribution < 1.29 is 4.74 Å². The summed E-state index contributed by atoms with van der Waals surface area (Å²) in [5.74, 6) is 0. The van der Waals surface area contributed by atoms with Crippen molar-refractivity contribution in [2.45, 2.75) is 111 Å². The van der Waals surface area contributed by atoms with Gasteiger partial charge in [-0.2, -0.15) is 0 Å². The van der Waals surface area contributed by atoms with Gasteiger partial charge >= 0.3 is 0 Å². The molecule has 0 aliphatic heterocycles. The third-order valence-corrected chi connectivity index (χ3v) is 3.47. The fourth-order valence-electron chi connectivity index (χ4n) is 2.43. The van der Waals surface area contributed by atoms with Crippen LogP contribution in [0.3, 0.4) is 0 Å². The third kappa shape index (κ3) is 12.4. The fraction of sp³-hybridized carbons (Fsp3) is 1.00. The molecule has 1 unspecified atom stereocenters. The second-order valence-corrected chi connectivity index (χ2v) is 5.86. The summed E-state index contributed by atoms with van der Waals surface area (Å²) in [6.07, 6.45) is 15.8. The van der Waals surface area contributed by atoms with Gasteiger partial charge in [0.25, 0.3) is 0 Å². The molecule has 1 heteroatoms. The molecule has 0 saturated heterocycles. The Kier molecular flexibility index (Phi) is 13.4. The van der Waals surface area contributed by atoms with Crippen LogP contribution in [-0.2, 0) is 4.74 Å². The number of hydrogen-bond donors (Lipinski definition) is 0. The molecule has 0 aliphatic carbocycles. The molecule has 0 radical (unpaired) electrons. The maximum absolute atomic E-state index is 6.00. The topological polar surface area (TPSA) is 9.23 Å². The van der Waals surface area contributed by atoms with Crippen molar-refractivity contribution in [3.63, 3.8) is 0 Å². The quantitative estimate of drug-likeness (QED) is 0.361. The third-order valence-electron chi connectivity index (χ3n) is 3.47. The zero-order valence-electron chi connectivity index (χ0n) is 13.3. The van der Waals surface area contributed by atoms with Gasteiger partial charge in [0, 0.05) is 0 Å². The fourth-order valence-corrected chi connectivity index (χ4v) is 2.43. The molecule has 1 nitrogen and oxygen atoms in total. The molecule has 0 bridgehead atoms. The van der Waals surface area contributed by atoms with Crippen LogP contribution in [0, 0.1) is 0 Å². The highest BCUT2D eigenvalue weighted by Gasteiger charge is 2.10. The van der Waals surface area contributed by atoms with E-state index >= 15 is 0 Å². The Balaban J connectivity index is 3.49. The Hall–Kier alpha value is -0.0400. The van der Waals surface area contributed by atoms with Gasteiger partial charge in [-0.15, -0.1) is 0 Å². The summed E-state index contributed by atoms with van der Waals surface area (Å²) in [5, 5.41) is 0. The number of hydrogen-bond acceptors (Lipinski definition) is 1. The highest BCUT2D eigenvalue weighted by Crippen LogP contribution is 2.16. The largest absolute Gasteiger partial charge is 0.376 e. The van der Waals surface area contributed by atoms with Crippen LogP contribution in [0.15, 0.2) is 0 Å². The molecule has 0 aliphatic rings. The minimum absolute atomic E-state index is 0.386. The smallest absolute Gasteiger partial charge is 0.0578 e. The van der Waals surface area contributed by atoms with Crippen LogP contribution >= 0.6 is 0 Å². The van der Waals surface area contributed by atoms with Crippen molar-refractivity contribution >= 4 is 0 Å².